The van der Waals surface area contributed by atoms with E-state index in [4.69, 9.17) is 0 Å². The van der Waals surface area contributed by atoms with Crippen molar-refractivity contribution in [3.63, 3.8) is 0 Å². The van der Waals surface area contributed by atoms with Gasteiger partial charge in [-0.1, -0.05) is 50.2 Å². The van der Waals surface area contributed by atoms with Gasteiger partial charge in [0.1, 0.15) is 0 Å². The monoisotopic (exact) mass is 250 g/mol. The number of carbonyl (C=O) groups is 1. The summed E-state index contributed by atoms with van der Waals surface area (Å²) in [6.45, 7) is 4.33. The Morgan fingerprint density at radius 2 is 1.58 bits per heavy atom. The smallest absolute Gasteiger partial charge is 0.193 e. The molecule has 2 aromatic carbocycles. The zero-order valence-electron chi connectivity index (χ0n) is 11.4. The molecular formula is C18H18O. The standard InChI is InChI=1S/C18H18O/c1-12(2)15-10-9-14-8-7-13-5-3-4-6-16(13)18(19)17(14)11-15/h3-6,9-12H,7-8H2,1-2H3. The molecule has 0 saturated carbocycles. The SMILES string of the molecule is CC(C)c1ccc2c(c1)C(=O)c1ccccc1CC2. The topological polar surface area (TPSA) is 17.1 Å². The summed E-state index contributed by atoms with van der Waals surface area (Å²) in [7, 11) is 0. The molecule has 0 saturated heterocycles. The molecule has 0 aliphatic heterocycles. The quantitative estimate of drug-likeness (QED) is 0.743. The van der Waals surface area contributed by atoms with E-state index in [-0.39, 0.29) is 5.78 Å². The molecule has 19 heavy (non-hydrogen) atoms. The van der Waals surface area contributed by atoms with Gasteiger partial charge in [-0.2, -0.15) is 0 Å². The van der Waals surface area contributed by atoms with E-state index in [2.05, 4.69) is 38.1 Å². The number of ketones is 1. The Balaban J connectivity index is 2.16. The first-order valence-electron chi connectivity index (χ1n) is 6.92. The number of fused-ring (bicyclic) bond motifs is 2. The van der Waals surface area contributed by atoms with Gasteiger partial charge in [-0.25, -0.2) is 0 Å². The van der Waals surface area contributed by atoms with Crippen LogP contribution >= 0.6 is 0 Å². The predicted octanol–water partition coefficient (Wildman–Crippen LogP) is 4.14. The minimum Gasteiger partial charge on any atom is -0.289 e. The van der Waals surface area contributed by atoms with Gasteiger partial charge in [0.25, 0.3) is 0 Å². The molecule has 0 bridgehead atoms. The highest BCUT2D eigenvalue weighted by Gasteiger charge is 2.21. The van der Waals surface area contributed by atoms with E-state index < -0.39 is 0 Å². The number of benzene rings is 2. The Labute approximate surface area is 114 Å². The van der Waals surface area contributed by atoms with Crippen molar-refractivity contribution in [1.29, 1.82) is 0 Å². The van der Waals surface area contributed by atoms with Crippen molar-refractivity contribution in [3.05, 3.63) is 70.3 Å². The maximum Gasteiger partial charge on any atom is 0.193 e. The largest absolute Gasteiger partial charge is 0.289 e. The van der Waals surface area contributed by atoms with E-state index in [1.807, 2.05) is 18.2 Å². The van der Waals surface area contributed by atoms with Gasteiger partial charge in [-0.3, -0.25) is 4.79 Å². The first-order chi connectivity index (χ1) is 9.16. The lowest BCUT2D eigenvalue weighted by molar-refractivity contribution is 0.103. The number of hydrogen-bond donors (Lipinski definition) is 0. The molecule has 2 aromatic rings. The molecule has 0 unspecified atom stereocenters. The van der Waals surface area contributed by atoms with Gasteiger partial charge in [-0.15, -0.1) is 0 Å². The molecule has 0 N–H and O–H groups in total. The Hall–Kier alpha value is -1.89. The molecule has 0 fully saturated rings. The fraction of sp³-hybridized carbons (Fsp3) is 0.278. The zero-order valence-corrected chi connectivity index (χ0v) is 11.4. The summed E-state index contributed by atoms with van der Waals surface area (Å²) in [5, 5.41) is 0. The molecular weight excluding hydrogens is 232 g/mol. The number of carbonyl (C=O) groups excluding carboxylic acids is 1. The van der Waals surface area contributed by atoms with Gasteiger partial charge in [0, 0.05) is 11.1 Å². The van der Waals surface area contributed by atoms with Crippen LogP contribution in [0.15, 0.2) is 42.5 Å². The van der Waals surface area contributed by atoms with Crippen LogP contribution in [-0.2, 0) is 12.8 Å². The van der Waals surface area contributed by atoms with Crippen LogP contribution in [-0.4, -0.2) is 5.78 Å². The lowest BCUT2D eigenvalue weighted by atomic mass is 9.93. The Kier molecular flexibility index (Phi) is 2.98. The number of rotatable bonds is 1. The van der Waals surface area contributed by atoms with Gasteiger partial charge in [0.05, 0.1) is 0 Å². The molecule has 0 radical (unpaired) electrons. The van der Waals surface area contributed by atoms with E-state index in [0.29, 0.717) is 5.92 Å². The van der Waals surface area contributed by atoms with E-state index >= 15 is 0 Å². The van der Waals surface area contributed by atoms with E-state index in [1.54, 1.807) is 0 Å². The van der Waals surface area contributed by atoms with Crippen molar-refractivity contribution in [2.45, 2.75) is 32.6 Å². The van der Waals surface area contributed by atoms with Crippen LogP contribution in [0.2, 0.25) is 0 Å². The van der Waals surface area contributed by atoms with Crippen molar-refractivity contribution in [3.8, 4) is 0 Å². The van der Waals surface area contributed by atoms with E-state index in [9.17, 15) is 4.79 Å². The van der Waals surface area contributed by atoms with Crippen LogP contribution in [0.3, 0.4) is 0 Å². The Morgan fingerprint density at radius 3 is 2.32 bits per heavy atom. The summed E-state index contributed by atoms with van der Waals surface area (Å²) in [5.41, 5.74) is 5.38. The van der Waals surface area contributed by atoms with Crippen LogP contribution in [0.5, 0.6) is 0 Å². The van der Waals surface area contributed by atoms with Crippen molar-refractivity contribution in [2.24, 2.45) is 0 Å². The molecule has 0 amide bonds. The van der Waals surface area contributed by atoms with Crippen molar-refractivity contribution in [2.75, 3.05) is 0 Å². The third-order valence-corrected chi connectivity index (χ3v) is 3.97. The summed E-state index contributed by atoms with van der Waals surface area (Å²) in [4.78, 5) is 12.7. The molecule has 0 heterocycles. The van der Waals surface area contributed by atoms with Crippen LogP contribution < -0.4 is 0 Å². The summed E-state index contributed by atoms with van der Waals surface area (Å²) < 4.78 is 0. The normalized spacial score (nSPS) is 13.9. The zero-order chi connectivity index (χ0) is 13.4. The van der Waals surface area contributed by atoms with Crippen LogP contribution in [0.1, 0.15) is 52.4 Å². The highest BCUT2D eigenvalue weighted by Crippen LogP contribution is 2.27. The fourth-order valence-electron chi connectivity index (χ4n) is 2.76. The van der Waals surface area contributed by atoms with Gasteiger partial charge in [-0.05, 0) is 41.5 Å². The van der Waals surface area contributed by atoms with E-state index in [1.165, 1.54) is 16.7 Å². The summed E-state index contributed by atoms with van der Waals surface area (Å²) in [6, 6.07) is 14.4. The molecule has 96 valence electrons. The summed E-state index contributed by atoms with van der Waals surface area (Å²) in [5.74, 6) is 0.641. The summed E-state index contributed by atoms with van der Waals surface area (Å²) in [6.07, 6.45) is 1.91. The number of aryl methyl sites for hydroxylation is 2. The minimum atomic E-state index is 0.186. The average molecular weight is 250 g/mol. The fourth-order valence-corrected chi connectivity index (χ4v) is 2.76. The van der Waals surface area contributed by atoms with Crippen molar-refractivity contribution in [1.82, 2.24) is 0 Å². The highest BCUT2D eigenvalue weighted by atomic mass is 16.1. The van der Waals surface area contributed by atoms with Gasteiger partial charge < -0.3 is 0 Å². The third-order valence-electron chi connectivity index (χ3n) is 3.97. The van der Waals surface area contributed by atoms with Crippen LogP contribution in [0, 0.1) is 0 Å². The second-order valence-corrected chi connectivity index (χ2v) is 5.56. The highest BCUT2D eigenvalue weighted by molar-refractivity contribution is 6.11. The average Bonchev–Trinajstić information content (AvgIpc) is 2.57. The molecule has 0 spiro atoms. The lowest BCUT2D eigenvalue weighted by Crippen LogP contribution is -2.05. The third kappa shape index (κ3) is 2.10. The molecule has 1 heteroatoms. The molecule has 1 aliphatic rings. The van der Waals surface area contributed by atoms with Crippen molar-refractivity contribution >= 4 is 5.78 Å². The van der Waals surface area contributed by atoms with E-state index in [0.717, 1.165) is 24.0 Å². The van der Waals surface area contributed by atoms with Crippen molar-refractivity contribution < 1.29 is 4.79 Å². The first-order valence-corrected chi connectivity index (χ1v) is 6.92. The second kappa shape index (κ2) is 4.65. The molecule has 1 nitrogen and oxygen atoms in total. The molecule has 0 aromatic heterocycles. The first kappa shape index (κ1) is 12.2. The van der Waals surface area contributed by atoms with Crippen LogP contribution in [0.4, 0.5) is 0 Å². The molecule has 3 rings (SSSR count). The van der Waals surface area contributed by atoms with Gasteiger partial charge in [0.15, 0.2) is 5.78 Å². The minimum absolute atomic E-state index is 0.186. The molecule has 0 atom stereocenters. The second-order valence-electron chi connectivity index (χ2n) is 5.56. The maximum atomic E-state index is 12.7. The maximum absolute atomic E-state index is 12.7. The van der Waals surface area contributed by atoms with Gasteiger partial charge in [0.2, 0.25) is 0 Å². The summed E-state index contributed by atoms with van der Waals surface area (Å²) >= 11 is 0. The Morgan fingerprint density at radius 1 is 0.895 bits per heavy atom. The molecule has 1 aliphatic carbocycles. The number of hydrogen-bond acceptors (Lipinski definition) is 1. The Bertz CT molecular complexity index is 638. The van der Waals surface area contributed by atoms with Gasteiger partial charge >= 0.3 is 0 Å². The van der Waals surface area contributed by atoms with Crippen LogP contribution in [0.25, 0.3) is 0 Å². The predicted molar refractivity (Wildman–Crippen MR) is 77.8 cm³/mol. The lowest BCUT2D eigenvalue weighted by Gasteiger charge is -2.10.